The van der Waals surface area contributed by atoms with Crippen LogP contribution in [0.25, 0.3) is 0 Å². The fourth-order valence-electron chi connectivity index (χ4n) is 3.06. The number of rotatable bonds is 3. The van der Waals surface area contributed by atoms with E-state index in [1.54, 1.807) is 0 Å². The van der Waals surface area contributed by atoms with Crippen molar-refractivity contribution in [2.45, 2.75) is 3.53 Å². The molecule has 0 radical (unpaired) electrons. The van der Waals surface area contributed by atoms with Crippen LogP contribution in [-0.2, 0) is 0 Å². The average Bonchev–Trinajstić information content (AvgIpc) is 2.57. The third-order valence-corrected chi connectivity index (χ3v) is 11.0. The SMILES string of the molecule is ClC(Cl)(Cl)[PH](c1ccccc1)(c1ccccc1)c1ccccc1. The van der Waals surface area contributed by atoms with Gasteiger partial charge in [-0.3, -0.25) is 0 Å². The van der Waals surface area contributed by atoms with E-state index < -0.39 is 10.8 Å². The van der Waals surface area contributed by atoms with E-state index in [-0.39, 0.29) is 0 Å². The van der Waals surface area contributed by atoms with Crippen molar-refractivity contribution in [1.29, 1.82) is 0 Å². The zero-order chi connectivity index (χ0) is 16.3. The second-order valence-corrected chi connectivity index (χ2v) is 12.6. The molecule has 0 aliphatic carbocycles. The Balaban J connectivity index is 2.41. The number of halogens is 3. The monoisotopic (exact) mass is 380 g/mol. The second-order valence-electron chi connectivity index (χ2n) is 5.35. The number of benzene rings is 3. The third-order valence-electron chi connectivity index (χ3n) is 4.05. The van der Waals surface area contributed by atoms with Crippen molar-refractivity contribution in [3.05, 3.63) is 91.0 Å². The van der Waals surface area contributed by atoms with Gasteiger partial charge in [-0.05, 0) is 0 Å². The molecule has 118 valence electrons. The quantitative estimate of drug-likeness (QED) is 0.440. The molecule has 0 spiro atoms. The van der Waals surface area contributed by atoms with Gasteiger partial charge in [-0.25, -0.2) is 0 Å². The summed E-state index contributed by atoms with van der Waals surface area (Å²) in [6.07, 6.45) is 0. The van der Waals surface area contributed by atoms with Gasteiger partial charge >= 0.3 is 153 Å². The van der Waals surface area contributed by atoms with Crippen LogP contribution in [-0.4, -0.2) is 3.53 Å². The molecule has 3 aromatic rings. The molecule has 23 heavy (non-hydrogen) atoms. The predicted molar refractivity (Wildman–Crippen MR) is 107 cm³/mol. The third kappa shape index (κ3) is 3.02. The van der Waals surface area contributed by atoms with Gasteiger partial charge in [0.05, 0.1) is 0 Å². The molecule has 4 heteroatoms. The molecule has 3 rings (SSSR count). The predicted octanol–water partition coefficient (Wildman–Crippen LogP) is 5.04. The van der Waals surface area contributed by atoms with Gasteiger partial charge in [0.25, 0.3) is 0 Å². The Kier molecular flexibility index (Phi) is 4.99. The van der Waals surface area contributed by atoms with Crippen molar-refractivity contribution >= 4 is 58.0 Å². The van der Waals surface area contributed by atoms with Crippen molar-refractivity contribution < 1.29 is 0 Å². The van der Waals surface area contributed by atoms with Gasteiger partial charge in [0, 0.05) is 0 Å². The molecule has 0 aliphatic heterocycles. The molecule has 0 nitrogen and oxygen atoms in total. The van der Waals surface area contributed by atoms with Gasteiger partial charge in [-0.2, -0.15) is 0 Å². The summed E-state index contributed by atoms with van der Waals surface area (Å²) >= 11 is 20.0. The fraction of sp³-hybridized carbons (Fsp3) is 0.0526. The first-order valence-corrected chi connectivity index (χ1v) is 10.4. The maximum absolute atomic E-state index is 6.65. The molecule has 0 saturated carbocycles. The topological polar surface area (TPSA) is 0 Å². The second kappa shape index (κ2) is 6.83. The van der Waals surface area contributed by atoms with Gasteiger partial charge < -0.3 is 0 Å². The zero-order valence-electron chi connectivity index (χ0n) is 12.3. The number of alkyl halides is 3. The molecule has 0 unspecified atom stereocenters. The molecular formula is C19H16Cl3P. The van der Waals surface area contributed by atoms with Crippen molar-refractivity contribution in [1.82, 2.24) is 0 Å². The Morgan fingerprint density at radius 1 is 0.478 bits per heavy atom. The Morgan fingerprint density at radius 2 is 0.739 bits per heavy atom. The molecule has 0 saturated heterocycles. The molecule has 0 heterocycles. The summed E-state index contributed by atoms with van der Waals surface area (Å²) in [7, 11) is -2.83. The summed E-state index contributed by atoms with van der Waals surface area (Å²) in [4.78, 5) is 0. The Hall–Kier alpha value is -1.04. The summed E-state index contributed by atoms with van der Waals surface area (Å²) in [5.41, 5.74) is 0. The molecule has 0 N–H and O–H groups in total. The van der Waals surface area contributed by atoms with E-state index in [0.717, 1.165) is 15.9 Å². The standard InChI is InChI=1S/C19H16Cl3P/c20-19(21,22)23(16-10-4-1-5-11-16,17-12-6-2-7-13-17)18-14-8-3-9-15-18/h1-15,23H. The number of hydrogen-bond donors (Lipinski definition) is 0. The minimum absolute atomic E-state index is 1.08. The van der Waals surface area contributed by atoms with E-state index in [4.69, 9.17) is 34.8 Å². The minimum atomic E-state index is -2.83. The summed E-state index contributed by atoms with van der Waals surface area (Å²) < 4.78 is -1.42. The summed E-state index contributed by atoms with van der Waals surface area (Å²) in [6, 6.07) is 30.3. The van der Waals surface area contributed by atoms with Crippen LogP contribution in [0.5, 0.6) is 0 Å². The van der Waals surface area contributed by atoms with Crippen molar-refractivity contribution in [2.75, 3.05) is 0 Å². The molecule has 3 aromatic carbocycles. The van der Waals surface area contributed by atoms with E-state index in [9.17, 15) is 0 Å². The van der Waals surface area contributed by atoms with Crippen LogP contribution in [0.15, 0.2) is 91.0 Å². The van der Waals surface area contributed by atoms with E-state index in [1.165, 1.54) is 0 Å². The van der Waals surface area contributed by atoms with E-state index in [2.05, 4.69) is 36.4 Å². The summed E-state index contributed by atoms with van der Waals surface area (Å²) in [5.74, 6) is 0. The van der Waals surface area contributed by atoms with Crippen LogP contribution in [0.4, 0.5) is 0 Å². The molecule has 0 aromatic heterocycles. The van der Waals surface area contributed by atoms with E-state index in [0.29, 0.717) is 0 Å². The fourth-order valence-corrected chi connectivity index (χ4v) is 10.1. The van der Waals surface area contributed by atoms with Gasteiger partial charge in [0.1, 0.15) is 0 Å². The zero-order valence-corrected chi connectivity index (χ0v) is 15.6. The first-order chi connectivity index (χ1) is 11.1. The van der Waals surface area contributed by atoms with Crippen LogP contribution in [0.1, 0.15) is 0 Å². The molecule has 0 amide bonds. The van der Waals surface area contributed by atoms with Crippen LogP contribution in [0, 0.1) is 0 Å². The average molecular weight is 382 g/mol. The van der Waals surface area contributed by atoms with Crippen LogP contribution in [0.2, 0.25) is 0 Å². The first-order valence-electron chi connectivity index (χ1n) is 7.30. The van der Waals surface area contributed by atoms with Crippen LogP contribution < -0.4 is 15.9 Å². The van der Waals surface area contributed by atoms with Crippen LogP contribution in [0.3, 0.4) is 0 Å². The maximum atomic E-state index is 6.65. The van der Waals surface area contributed by atoms with Crippen molar-refractivity contribution in [2.24, 2.45) is 0 Å². The molecule has 0 aliphatic rings. The van der Waals surface area contributed by atoms with Gasteiger partial charge in [-0.1, -0.05) is 0 Å². The van der Waals surface area contributed by atoms with Gasteiger partial charge in [-0.15, -0.1) is 0 Å². The summed E-state index contributed by atoms with van der Waals surface area (Å²) in [6.45, 7) is 0. The first kappa shape index (κ1) is 16.8. The van der Waals surface area contributed by atoms with E-state index >= 15 is 0 Å². The van der Waals surface area contributed by atoms with Gasteiger partial charge in [0.2, 0.25) is 0 Å². The summed E-state index contributed by atoms with van der Waals surface area (Å²) in [5, 5.41) is 3.24. The Labute approximate surface area is 152 Å². The van der Waals surface area contributed by atoms with Gasteiger partial charge in [0.15, 0.2) is 0 Å². The van der Waals surface area contributed by atoms with E-state index in [1.807, 2.05) is 54.6 Å². The normalized spacial score (nSPS) is 12.8. The van der Waals surface area contributed by atoms with Crippen molar-refractivity contribution in [3.63, 3.8) is 0 Å². The molecule has 0 fully saturated rings. The number of hydrogen-bond acceptors (Lipinski definition) is 0. The molecule has 0 atom stereocenters. The Bertz CT molecular complexity index is 656. The molecular weight excluding hydrogens is 366 g/mol. The van der Waals surface area contributed by atoms with Crippen molar-refractivity contribution in [3.8, 4) is 0 Å². The molecule has 0 bridgehead atoms. The Morgan fingerprint density at radius 3 is 0.957 bits per heavy atom. The van der Waals surface area contributed by atoms with Crippen LogP contribution >= 0.6 is 42.1 Å².